The molecule has 19 heavy (non-hydrogen) atoms. The molecule has 5 nitrogen and oxygen atoms in total. The van der Waals surface area contributed by atoms with Gasteiger partial charge in [0, 0.05) is 18.0 Å². The fourth-order valence-corrected chi connectivity index (χ4v) is 2.03. The first kappa shape index (κ1) is 13.7. The maximum Gasteiger partial charge on any atom is 0.243 e. The number of hydrogen-bond acceptors (Lipinski definition) is 5. The Morgan fingerprint density at radius 3 is 2.84 bits per heavy atom. The van der Waals surface area contributed by atoms with E-state index in [4.69, 9.17) is 10.3 Å². The highest BCUT2D eigenvalue weighted by molar-refractivity contribution is 5.58. The fourth-order valence-electron chi connectivity index (χ4n) is 2.03. The highest BCUT2D eigenvalue weighted by Crippen LogP contribution is 2.23. The molecule has 2 aromatic heterocycles. The summed E-state index contributed by atoms with van der Waals surface area (Å²) in [7, 11) is 0. The first-order chi connectivity index (χ1) is 9.11. The van der Waals surface area contributed by atoms with E-state index in [1.807, 2.05) is 12.3 Å². The molecule has 0 aliphatic heterocycles. The Bertz CT molecular complexity index is 536. The number of aromatic nitrogens is 3. The predicted molar refractivity (Wildman–Crippen MR) is 73.3 cm³/mol. The molecule has 0 unspecified atom stereocenters. The lowest BCUT2D eigenvalue weighted by Gasteiger charge is -2.08. The van der Waals surface area contributed by atoms with Crippen molar-refractivity contribution in [3.05, 3.63) is 29.9 Å². The monoisotopic (exact) mass is 260 g/mol. The van der Waals surface area contributed by atoms with Crippen LogP contribution >= 0.6 is 0 Å². The Kier molecular flexibility index (Phi) is 4.27. The van der Waals surface area contributed by atoms with Crippen LogP contribution in [0.2, 0.25) is 0 Å². The van der Waals surface area contributed by atoms with Crippen LogP contribution in [-0.2, 0) is 6.42 Å². The van der Waals surface area contributed by atoms with Crippen LogP contribution in [-0.4, -0.2) is 15.1 Å². The third-order valence-corrected chi connectivity index (χ3v) is 3.01. The van der Waals surface area contributed by atoms with Crippen molar-refractivity contribution in [2.75, 3.05) is 0 Å². The van der Waals surface area contributed by atoms with Gasteiger partial charge >= 0.3 is 0 Å². The lowest BCUT2D eigenvalue weighted by Crippen LogP contribution is -2.13. The summed E-state index contributed by atoms with van der Waals surface area (Å²) in [6.45, 7) is 6.32. The standard InChI is InChI=1S/C14H20N4O/c1-4-10-8-16-6-5-11(10)13-17-14(19-18-13)12(15)7-9(2)3/h5-6,8-9,12H,4,7,15H2,1-3H3/t12-/m0/s1. The van der Waals surface area contributed by atoms with Gasteiger partial charge in [0.15, 0.2) is 0 Å². The van der Waals surface area contributed by atoms with E-state index in [-0.39, 0.29) is 6.04 Å². The molecule has 0 aromatic carbocycles. The minimum atomic E-state index is -0.201. The normalized spacial score (nSPS) is 12.9. The number of hydrogen-bond donors (Lipinski definition) is 1. The Balaban J connectivity index is 2.25. The quantitative estimate of drug-likeness (QED) is 0.894. The van der Waals surface area contributed by atoms with Gasteiger partial charge in [-0.3, -0.25) is 4.98 Å². The topological polar surface area (TPSA) is 77.8 Å². The van der Waals surface area contributed by atoms with Gasteiger partial charge in [-0.25, -0.2) is 0 Å². The molecule has 0 saturated heterocycles. The molecule has 102 valence electrons. The average molecular weight is 260 g/mol. The summed E-state index contributed by atoms with van der Waals surface area (Å²) in [6, 6.07) is 1.70. The lowest BCUT2D eigenvalue weighted by molar-refractivity contribution is 0.335. The van der Waals surface area contributed by atoms with Gasteiger partial charge in [-0.1, -0.05) is 25.9 Å². The van der Waals surface area contributed by atoms with Crippen LogP contribution in [0.5, 0.6) is 0 Å². The maximum atomic E-state index is 6.05. The van der Waals surface area contributed by atoms with Gasteiger partial charge in [0.25, 0.3) is 0 Å². The zero-order chi connectivity index (χ0) is 13.8. The molecule has 0 aliphatic rings. The molecular formula is C14H20N4O. The zero-order valence-electron chi connectivity index (χ0n) is 11.6. The van der Waals surface area contributed by atoms with Crippen LogP contribution < -0.4 is 5.73 Å². The van der Waals surface area contributed by atoms with Gasteiger partial charge in [-0.2, -0.15) is 4.98 Å². The van der Waals surface area contributed by atoms with Crippen LogP contribution in [0, 0.1) is 5.92 Å². The molecule has 0 amide bonds. The summed E-state index contributed by atoms with van der Waals surface area (Å²) in [5.74, 6) is 1.59. The summed E-state index contributed by atoms with van der Waals surface area (Å²) >= 11 is 0. The molecule has 0 radical (unpaired) electrons. The van der Waals surface area contributed by atoms with Gasteiger partial charge in [-0.05, 0) is 30.4 Å². The van der Waals surface area contributed by atoms with Crippen molar-refractivity contribution in [2.45, 2.75) is 39.7 Å². The molecule has 2 heterocycles. The molecule has 5 heteroatoms. The Hall–Kier alpha value is -1.75. The highest BCUT2D eigenvalue weighted by Gasteiger charge is 2.17. The minimum absolute atomic E-state index is 0.201. The third kappa shape index (κ3) is 3.17. The second-order valence-electron chi connectivity index (χ2n) is 5.08. The van der Waals surface area contributed by atoms with Gasteiger partial charge in [0.05, 0.1) is 6.04 Å². The third-order valence-electron chi connectivity index (χ3n) is 3.01. The first-order valence-electron chi connectivity index (χ1n) is 6.64. The fraction of sp³-hybridized carbons (Fsp3) is 0.500. The lowest BCUT2D eigenvalue weighted by atomic mass is 10.0. The second kappa shape index (κ2) is 5.93. The van der Waals surface area contributed by atoms with Crippen molar-refractivity contribution in [3.8, 4) is 11.4 Å². The van der Waals surface area contributed by atoms with E-state index in [1.54, 1.807) is 6.20 Å². The SMILES string of the molecule is CCc1cnccc1-c1noc([C@@H](N)CC(C)C)n1. The molecule has 2 N–H and O–H groups in total. The Labute approximate surface area is 113 Å². The molecule has 1 atom stereocenters. The predicted octanol–water partition coefficient (Wildman–Crippen LogP) is 2.74. The van der Waals surface area contributed by atoms with Crippen molar-refractivity contribution in [2.24, 2.45) is 11.7 Å². The molecule has 0 bridgehead atoms. The zero-order valence-corrected chi connectivity index (χ0v) is 11.6. The first-order valence-corrected chi connectivity index (χ1v) is 6.64. The number of pyridine rings is 1. The number of aryl methyl sites for hydroxylation is 1. The van der Waals surface area contributed by atoms with Gasteiger partial charge in [0.1, 0.15) is 0 Å². The summed E-state index contributed by atoms with van der Waals surface area (Å²) in [4.78, 5) is 8.52. The summed E-state index contributed by atoms with van der Waals surface area (Å²) in [5, 5.41) is 4.03. The van der Waals surface area contributed by atoms with E-state index in [0.29, 0.717) is 17.6 Å². The molecule has 2 rings (SSSR count). The smallest absolute Gasteiger partial charge is 0.243 e. The number of nitrogens with two attached hydrogens (primary N) is 1. The molecular weight excluding hydrogens is 240 g/mol. The largest absolute Gasteiger partial charge is 0.337 e. The van der Waals surface area contributed by atoms with E-state index >= 15 is 0 Å². The van der Waals surface area contributed by atoms with Crippen LogP contribution in [0.15, 0.2) is 23.0 Å². The summed E-state index contributed by atoms with van der Waals surface area (Å²) < 4.78 is 5.27. The molecule has 0 aliphatic carbocycles. The van der Waals surface area contributed by atoms with Gasteiger partial charge in [0.2, 0.25) is 11.7 Å². The van der Waals surface area contributed by atoms with E-state index in [2.05, 4.69) is 35.9 Å². The van der Waals surface area contributed by atoms with E-state index in [0.717, 1.165) is 24.0 Å². The highest BCUT2D eigenvalue weighted by atomic mass is 16.5. The minimum Gasteiger partial charge on any atom is -0.337 e. The van der Waals surface area contributed by atoms with Crippen LogP contribution in [0.4, 0.5) is 0 Å². The van der Waals surface area contributed by atoms with Crippen LogP contribution in [0.25, 0.3) is 11.4 Å². The summed E-state index contributed by atoms with van der Waals surface area (Å²) in [6.07, 6.45) is 5.28. The number of rotatable bonds is 5. The molecule has 0 fully saturated rings. The van der Waals surface area contributed by atoms with E-state index < -0.39 is 0 Å². The van der Waals surface area contributed by atoms with Crippen molar-refractivity contribution < 1.29 is 4.52 Å². The molecule has 0 saturated carbocycles. The molecule has 2 aromatic rings. The van der Waals surface area contributed by atoms with Gasteiger partial charge in [-0.15, -0.1) is 0 Å². The summed E-state index contributed by atoms with van der Waals surface area (Å²) in [5.41, 5.74) is 8.12. The molecule has 0 spiro atoms. The van der Waals surface area contributed by atoms with Crippen LogP contribution in [0.1, 0.15) is 44.7 Å². The van der Waals surface area contributed by atoms with Crippen molar-refractivity contribution >= 4 is 0 Å². The second-order valence-corrected chi connectivity index (χ2v) is 5.08. The van der Waals surface area contributed by atoms with Crippen molar-refractivity contribution in [1.29, 1.82) is 0 Å². The van der Waals surface area contributed by atoms with Gasteiger partial charge < -0.3 is 10.3 Å². The van der Waals surface area contributed by atoms with E-state index in [1.165, 1.54) is 0 Å². The average Bonchev–Trinajstić information content (AvgIpc) is 2.87. The Morgan fingerprint density at radius 2 is 2.16 bits per heavy atom. The Morgan fingerprint density at radius 1 is 1.37 bits per heavy atom. The van der Waals surface area contributed by atoms with Crippen molar-refractivity contribution in [3.63, 3.8) is 0 Å². The maximum absolute atomic E-state index is 6.05. The number of nitrogens with zero attached hydrogens (tertiary/aromatic N) is 3. The van der Waals surface area contributed by atoms with E-state index in [9.17, 15) is 0 Å². The van der Waals surface area contributed by atoms with Crippen LogP contribution in [0.3, 0.4) is 0 Å². The van der Waals surface area contributed by atoms with Crippen molar-refractivity contribution in [1.82, 2.24) is 15.1 Å².